The van der Waals surface area contributed by atoms with Crippen LogP contribution in [0.25, 0.3) is 11.0 Å². The van der Waals surface area contributed by atoms with E-state index < -0.39 is 29.8 Å². The van der Waals surface area contributed by atoms with Gasteiger partial charge < -0.3 is 28.9 Å². The highest BCUT2D eigenvalue weighted by Crippen LogP contribution is 2.38. The topological polar surface area (TPSA) is 130 Å². The SMILES string of the molecule is O=c1cc(CCc2ccccc2)oc2c1[C@H](Oc1ccc3oc(CCc4ccccc4)cc(=O)c3c1)[C@@H](O)[C@@H](O)[C@@H]2O. The van der Waals surface area contributed by atoms with Crippen LogP contribution in [0.2, 0.25) is 0 Å². The Morgan fingerprint density at radius 3 is 1.88 bits per heavy atom. The van der Waals surface area contributed by atoms with Crippen molar-refractivity contribution in [2.45, 2.75) is 50.1 Å². The van der Waals surface area contributed by atoms with Crippen LogP contribution in [0.4, 0.5) is 0 Å². The normalized spacial score (nSPS) is 19.9. The second kappa shape index (κ2) is 11.8. The number of hydrogen-bond acceptors (Lipinski definition) is 8. The van der Waals surface area contributed by atoms with Gasteiger partial charge in [0.2, 0.25) is 0 Å². The lowest BCUT2D eigenvalue weighted by molar-refractivity contribution is -0.121. The summed E-state index contributed by atoms with van der Waals surface area (Å²) in [6.07, 6.45) is -3.95. The van der Waals surface area contributed by atoms with Crippen LogP contribution in [0.3, 0.4) is 0 Å². The van der Waals surface area contributed by atoms with Gasteiger partial charge in [-0.2, -0.15) is 0 Å². The third-order valence-electron chi connectivity index (χ3n) is 7.62. The van der Waals surface area contributed by atoms with Gasteiger partial charge in [0.05, 0.1) is 10.9 Å². The molecule has 8 nitrogen and oxygen atoms in total. The van der Waals surface area contributed by atoms with E-state index in [1.165, 1.54) is 18.2 Å². The second-order valence-electron chi connectivity index (χ2n) is 10.5. The zero-order valence-corrected chi connectivity index (χ0v) is 22.7. The van der Waals surface area contributed by atoms with E-state index in [0.717, 1.165) is 17.5 Å². The number of aliphatic hydroxyl groups is 3. The van der Waals surface area contributed by atoms with Crippen LogP contribution in [0.1, 0.15) is 46.2 Å². The van der Waals surface area contributed by atoms with E-state index in [-0.39, 0.29) is 27.9 Å². The summed E-state index contributed by atoms with van der Waals surface area (Å²) in [5.74, 6) is 0.935. The van der Waals surface area contributed by atoms with Gasteiger partial charge in [-0.1, -0.05) is 60.7 Å². The van der Waals surface area contributed by atoms with Gasteiger partial charge in [-0.25, -0.2) is 0 Å². The second-order valence-corrected chi connectivity index (χ2v) is 10.5. The molecule has 3 aromatic carbocycles. The molecular formula is C34H30O8. The molecule has 2 heterocycles. The third kappa shape index (κ3) is 5.65. The Hall–Kier alpha value is -4.50. The van der Waals surface area contributed by atoms with Crippen molar-refractivity contribution in [2.75, 3.05) is 0 Å². The van der Waals surface area contributed by atoms with Crippen LogP contribution in [-0.4, -0.2) is 27.5 Å². The molecule has 0 saturated carbocycles. The van der Waals surface area contributed by atoms with Gasteiger partial charge in [0.15, 0.2) is 17.0 Å². The Morgan fingerprint density at radius 2 is 1.24 bits per heavy atom. The first kappa shape index (κ1) is 27.7. The van der Waals surface area contributed by atoms with E-state index >= 15 is 0 Å². The molecular weight excluding hydrogens is 536 g/mol. The number of aliphatic hydroxyl groups excluding tert-OH is 3. The number of ether oxygens (including phenoxy) is 1. The van der Waals surface area contributed by atoms with Crippen LogP contribution in [0.5, 0.6) is 5.75 Å². The van der Waals surface area contributed by atoms with Crippen molar-refractivity contribution in [3.05, 3.63) is 145 Å². The lowest BCUT2D eigenvalue weighted by Crippen LogP contribution is -2.46. The largest absolute Gasteiger partial charge is 0.483 e. The molecule has 6 rings (SSSR count). The van der Waals surface area contributed by atoms with E-state index in [9.17, 15) is 24.9 Å². The minimum Gasteiger partial charge on any atom is -0.483 e. The van der Waals surface area contributed by atoms with Crippen LogP contribution in [0, 0.1) is 0 Å². The van der Waals surface area contributed by atoms with E-state index in [4.69, 9.17) is 13.6 Å². The quantitative estimate of drug-likeness (QED) is 0.255. The maximum atomic E-state index is 13.3. The van der Waals surface area contributed by atoms with E-state index in [1.54, 1.807) is 12.1 Å². The molecule has 42 heavy (non-hydrogen) atoms. The summed E-state index contributed by atoms with van der Waals surface area (Å²) >= 11 is 0. The average molecular weight is 567 g/mol. The van der Waals surface area contributed by atoms with Crippen molar-refractivity contribution in [2.24, 2.45) is 0 Å². The molecule has 0 unspecified atom stereocenters. The van der Waals surface area contributed by atoms with Crippen molar-refractivity contribution in [1.29, 1.82) is 0 Å². The van der Waals surface area contributed by atoms with Crippen molar-refractivity contribution >= 4 is 11.0 Å². The summed E-state index contributed by atoms with van der Waals surface area (Å²) in [6, 6.07) is 27.0. The lowest BCUT2D eigenvalue weighted by Gasteiger charge is -2.35. The molecule has 3 N–H and O–H groups in total. The van der Waals surface area contributed by atoms with Gasteiger partial charge in [0, 0.05) is 25.0 Å². The third-order valence-corrected chi connectivity index (χ3v) is 7.62. The summed E-state index contributed by atoms with van der Waals surface area (Å²) in [5, 5.41) is 32.4. The Balaban J connectivity index is 1.26. The fourth-order valence-electron chi connectivity index (χ4n) is 5.37. The predicted molar refractivity (Wildman–Crippen MR) is 156 cm³/mol. The van der Waals surface area contributed by atoms with E-state index in [2.05, 4.69) is 0 Å². The maximum absolute atomic E-state index is 13.3. The Morgan fingerprint density at radius 1 is 0.643 bits per heavy atom. The lowest BCUT2D eigenvalue weighted by atomic mass is 9.86. The van der Waals surface area contributed by atoms with Crippen molar-refractivity contribution < 1.29 is 28.9 Å². The summed E-state index contributed by atoms with van der Waals surface area (Å²) in [7, 11) is 0. The molecule has 1 aliphatic carbocycles. The Bertz CT molecular complexity index is 1810. The number of benzene rings is 3. The maximum Gasteiger partial charge on any atom is 0.193 e. The first-order chi connectivity index (χ1) is 20.4. The van der Waals surface area contributed by atoms with Gasteiger partial charge >= 0.3 is 0 Å². The van der Waals surface area contributed by atoms with Crippen molar-refractivity contribution in [3.63, 3.8) is 0 Å². The highest BCUT2D eigenvalue weighted by molar-refractivity contribution is 5.78. The van der Waals surface area contributed by atoms with Crippen LogP contribution in [0.15, 0.2) is 109 Å². The van der Waals surface area contributed by atoms with Crippen LogP contribution >= 0.6 is 0 Å². The van der Waals surface area contributed by atoms with Crippen molar-refractivity contribution in [3.8, 4) is 5.75 Å². The van der Waals surface area contributed by atoms with Crippen molar-refractivity contribution in [1.82, 2.24) is 0 Å². The minimum atomic E-state index is -1.66. The summed E-state index contributed by atoms with van der Waals surface area (Å²) in [6.45, 7) is 0. The highest BCUT2D eigenvalue weighted by atomic mass is 16.5. The summed E-state index contributed by atoms with van der Waals surface area (Å²) in [5.41, 5.74) is 1.74. The standard InChI is InChI=1S/C34H30O8/c35-26-18-23(13-11-20-7-3-1-4-8-20)40-28-16-15-22(17-25(26)28)41-33-29-27(36)19-24(14-12-21-9-5-2-6-10-21)42-34(29)32(39)30(37)31(33)38/h1-10,15-19,30-33,37-39H,11-14H2/t30-,31+,32+,33+/m1/s1. The molecule has 4 atom stereocenters. The van der Waals surface area contributed by atoms with Gasteiger partial charge in [-0.05, 0) is 42.2 Å². The minimum absolute atomic E-state index is 0.0767. The van der Waals surface area contributed by atoms with Crippen LogP contribution < -0.4 is 15.6 Å². The number of aryl methyl sites for hydroxylation is 4. The fraction of sp³-hybridized carbons (Fsp3) is 0.235. The van der Waals surface area contributed by atoms with Gasteiger partial charge in [-0.3, -0.25) is 9.59 Å². The number of hydrogen-bond donors (Lipinski definition) is 3. The predicted octanol–water partition coefficient (Wildman–Crippen LogP) is 4.21. The molecule has 5 aromatic rings. The molecule has 0 aliphatic heterocycles. The van der Waals surface area contributed by atoms with Gasteiger partial charge in [0.25, 0.3) is 0 Å². The molecule has 8 heteroatoms. The van der Waals surface area contributed by atoms with Gasteiger partial charge in [-0.15, -0.1) is 0 Å². The average Bonchev–Trinajstić information content (AvgIpc) is 3.01. The molecule has 0 fully saturated rings. The molecule has 214 valence electrons. The van der Waals surface area contributed by atoms with Gasteiger partial charge in [0.1, 0.15) is 46.9 Å². The molecule has 0 radical (unpaired) electrons. The first-order valence-corrected chi connectivity index (χ1v) is 13.9. The number of rotatable bonds is 8. The number of fused-ring (bicyclic) bond motifs is 2. The van der Waals surface area contributed by atoms with E-state index in [1.807, 2.05) is 60.7 Å². The Labute approximate surface area is 241 Å². The molecule has 1 aliphatic rings. The molecule has 0 spiro atoms. The molecule has 0 saturated heterocycles. The summed E-state index contributed by atoms with van der Waals surface area (Å²) in [4.78, 5) is 26.2. The highest BCUT2D eigenvalue weighted by Gasteiger charge is 2.45. The fourth-order valence-corrected chi connectivity index (χ4v) is 5.37. The first-order valence-electron chi connectivity index (χ1n) is 13.9. The zero-order valence-electron chi connectivity index (χ0n) is 22.7. The zero-order chi connectivity index (χ0) is 29.2. The summed E-state index contributed by atoms with van der Waals surface area (Å²) < 4.78 is 17.9. The molecule has 0 amide bonds. The van der Waals surface area contributed by atoms with E-state index in [0.29, 0.717) is 36.4 Å². The van der Waals surface area contributed by atoms with Crippen LogP contribution in [-0.2, 0) is 25.7 Å². The molecule has 2 aromatic heterocycles. The Kier molecular flexibility index (Phi) is 7.75. The molecule has 0 bridgehead atoms. The smallest absolute Gasteiger partial charge is 0.193 e. The monoisotopic (exact) mass is 566 g/mol.